The first-order valence-electron chi connectivity index (χ1n) is 6.87. The molecule has 0 aromatic heterocycles. The molecule has 2 aromatic rings. The summed E-state index contributed by atoms with van der Waals surface area (Å²) in [5.41, 5.74) is 2.13. The molecule has 1 aliphatic heterocycles. The van der Waals surface area contributed by atoms with Gasteiger partial charge in [0.15, 0.2) is 5.70 Å². The Morgan fingerprint density at radius 2 is 2.00 bits per heavy atom. The van der Waals surface area contributed by atoms with Crippen LogP contribution in [0.25, 0.3) is 6.08 Å². The highest BCUT2D eigenvalue weighted by Crippen LogP contribution is 2.21. The van der Waals surface area contributed by atoms with Gasteiger partial charge in [0.25, 0.3) is 0 Å². The third-order valence-corrected chi connectivity index (χ3v) is 3.28. The lowest BCUT2D eigenvalue weighted by atomic mass is 10.1. The summed E-state index contributed by atoms with van der Waals surface area (Å²) in [7, 11) is 1.58. The Bertz CT molecular complexity index is 859. The number of aliphatic imine (C=N–C) groups is 1. The zero-order valence-electron chi connectivity index (χ0n) is 12.3. The highest BCUT2D eigenvalue weighted by atomic mass is 16.6. The van der Waals surface area contributed by atoms with E-state index in [0.29, 0.717) is 16.9 Å². The third kappa shape index (κ3) is 3.11. The number of nitriles is 1. The number of hydrogen-bond donors (Lipinski definition) is 0. The van der Waals surface area contributed by atoms with E-state index in [4.69, 9.17) is 14.7 Å². The molecule has 0 N–H and O–H groups in total. The molecule has 0 saturated carbocycles. The highest BCUT2D eigenvalue weighted by Gasteiger charge is 2.24. The maximum absolute atomic E-state index is 11.9. The number of benzene rings is 2. The molecule has 0 atom stereocenters. The first kappa shape index (κ1) is 14.5. The van der Waals surface area contributed by atoms with E-state index in [1.807, 2.05) is 0 Å². The van der Waals surface area contributed by atoms with Gasteiger partial charge >= 0.3 is 5.97 Å². The monoisotopic (exact) mass is 304 g/mol. The average Bonchev–Trinajstić information content (AvgIpc) is 2.96. The maximum atomic E-state index is 11.9. The molecule has 0 spiro atoms. The lowest BCUT2D eigenvalue weighted by Gasteiger charge is -2.01. The van der Waals surface area contributed by atoms with Crippen LogP contribution in [-0.4, -0.2) is 19.0 Å². The van der Waals surface area contributed by atoms with E-state index in [9.17, 15) is 4.79 Å². The Morgan fingerprint density at radius 1 is 1.22 bits per heavy atom. The van der Waals surface area contributed by atoms with Crippen molar-refractivity contribution in [2.75, 3.05) is 7.11 Å². The molecule has 5 nitrogen and oxygen atoms in total. The highest BCUT2D eigenvalue weighted by molar-refractivity contribution is 6.12. The molecule has 0 fully saturated rings. The number of nitrogens with zero attached hydrogens (tertiary/aromatic N) is 2. The zero-order chi connectivity index (χ0) is 16.2. The summed E-state index contributed by atoms with van der Waals surface area (Å²) in [6.45, 7) is 0. The molecule has 0 radical (unpaired) electrons. The topological polar surface area (TPSA) is 71.7 Å². The van der Waals surface area contributed by atoms with Crippen molar-refractivity contribution in [2.45, 2.75) is 0 Å². The van der Waals surface area contributed by atoms with Crippen LogP contribution >= 0.6 is 0 Å². The zero-order valence-corrected chi connectivity index (χ0v) is 12.3. The Kier molecular flexibility index (Phi) is 3.89. The first-order chi connectivity index (χ1) is 11.2. The molecule has 5 heteroatoms. The van der Waals surface area contributed by atoms with Crippen molar-refractivity contribution in [2.24, 2.45) is 4.99 Å². The van der Waals surface area contributed by atoms with Crippen molar-refractivity contribution in [3.63, 3.8) is 0 Å². The molecule has 23 heavy (non-hydrogen) atoms. The van der Waals surface area contributed by atoms with Crippen molar-refractivity contribution in [3.8, 4) is 11.8 Å². The van der Waals surface area contributed by atoms with Gasteiger partial charge in [0.05, 0.1) is 18.7 Å². The van der Waals surface area contributed by atoms with Crippen LogP contribution in [0.3, 0.4) is 0 Å². The molecule has 1 heterocycles. The summed E-state index contributed by atoms with van der Waals surface area (Å²) in [5, 5.41) is 8.91. The van der Waals surface area contributed by atoms with Crippen LogP contribution in [0.2, 0.25) is 0 Å². The van der Waals surface area contributed by atoms with E-state index in [0.717, 1.165) is 5.56 Å². The fourth-order valence-electron chi connectivity index (χ4n) is 2.12. The SMILES string of the molecule is COc1ccc(C2=N/C(=C\c3cccc(C#N)c3)C(=O)O2)cc1. The van der Waals surface area contributed by atoms with Crippen molar-refractivity contribution in [3.05, 3.63) is 70.9 Å². The molecule has 0 aliphatic carbocycles. The van der Waals surface area contributed by atoms with E-state index >= 15 is 0 Å². The fourth-order valence-corrected chi connectivity index (χ4v) is 2.12. The molecule has 0 saturated heterocycles. The molecule has 0 amide bonds. The molecule has 1 aliphatic rings. The van der Waals surface area contributed by atoms with Gasteiger partial charge in [-0.1, -0.05) is 12.1 Å². The summed E-state index contributed by atoms with van der Waals surface area (Å²) in [6, 6.07) is 16.0. The van der Waals surface area contributed by atoms with Gasteiger partial charge in [-0.15, -0.1) is 0 Å². The summed E-state index contributed by atoms with van der Waals surface area (Å²) < 4.78 is 10.3. The van der Waals surface area contributed by atoms with E-state index in [2.05, 4.69) is 11.1 Å². The first-order valence-corrected chi connectivity index (χ1v) is 6.87. The van der Waals surface area contributed by atoms with Crippen molar-refractivity contribution >= 4 is 17.9 Å². The number of cyclic esters (lactones) is 1. The standard InChI is InChI=1S/C18H12N2O3/c1-22-15-7-5-14(6-8-15)17-20-16(18(21)23-17)10-12-3-2-4-13(9-12)11-19/h2-10H,1H3/b16-10-. The Hall–Kier alpha value is -3.39. The predicted molar refractivity (Wildman–Crippen MR) is 84.8 cm³/mol. The van der Waals surface area contributed by atoms with E-state index in [1.54, 1.807) is 61.7 Å². The van der Waals surface area contributed by atoms with E-state index in [1.165, 1.54) is 0 Å². The number of carbonyl (C=O) groups is 1. The van der Waals surface area contributed by atoms with Gasteiger partial charge in [0.1, 0.15) is 5.75 Å². The molecule has 2 aromatic carbocycles. The minimum atomic E-state index is -0.516. The molecule has 0 unspecified atom stereocenters. The van der Waals surface area contributed by atoms with Gasteiger partial charge in [-0.3, -0.25) is 0 Å². The second kappa shape index (κ2) is 6.16. The van der Waals surface area contributed by atoms with Crippen molar-refractivity contribution in [1.82, 2.24) is 0 Å². The summed E-state index contributed by atoms with van der Waals surface area (Å²) in [6.07, 6.45) is 1.60. The largest absolute Gasteiger partial charge is 0.497 e. The molecule has 3 rings (SSSR count). The van der Waals surface area contributed by atoms with Crippen LogP contribution in [0.1, 0.15) is 16.7 Å². The lowest BCUT2D eigenvalue weighted by Crippen LogP contribution is -2.05. The number of rotatable bonds is 3. The van der Waals surface area contributed by atoms with Crippen LogP contribution in [0.4, 0.5) is 0 Å². The maximum Gasteiger partial charge on any atom is 0.363 e. The normalized spacial score (nSPS) is 15.0. The van der Waals surface area contributed by atoms with Crippen LogP contribution < -0.4 is 4.74 Å². The minimum absolute atomic E-state index is 0.200. The number of hydrogen-bond acceptors (Lipinski definition) is 5. The van der Waals surface area contributed by atoms with Gasteiger partial charge in [-0.2, -0.15) is 5.26 Å². The summed E-state index contributed by atoms with van der Waals surface area (Å²) >= 11 is 0. The van der Waals surface area contributed by atoms with Crippen LogP contribution in [0.15, 0.2) is 59.2 Å². The molecule has 0 bridgehead atoms. The predicted octanol–water partition coefficient (Wildman–Crippen LogP) is 2.91. The number of methoxy groups -OCH3 is 1. The van der Waals surface area contributed by atoms with Crippen LogP contribution in [0.5, 0.6) is 5.75 Å². The number of ether oxygens (including phenoxy) is 2. The van der Waals surface area contributed by atoms with Gasteiger partial charge in [0, 0.05) is 5.56 Å². The Balaban J connectivity index is 1.91. The van der Waals surface area contributed by atoms with Crippen molar-refractivity contribution < 1.29 is 14.3 Å². The van der Waals surface area contributed by atoms with Gasteiger partial charge in [-0.05, 0) is 48.0 Å². The Labute approximate surface area is 133 Å². The molecule has 112 valence electrons. The summed E-state index contributed by atoms with van der Waals surface area (Å²) in [5.74, 6) is 0.446. The van der Waals surface area contributed by atoms with E-state index in [-0.39, 0.29) is 11.6 Å². The third-order valence-electron chi connectivity index (χ3n) is 3.28. The molecular weight excluding hydrogens is 292 g/mol. The number of esters is 1. The molecular formula is C18H12N2O3. The van der Waals surface area contributed by atoms with Crippen LogP contribution in [-0.2, 0) is 9.53 Å². The fraction of sp³-hybridized carbons (Fsp3) is 0.0556. The second-order valence-corrected chi connectivity index (χ2v) is 4.80. The smallest absolute Gasteiger partial charge is 0.363 e. The van der Waals surface area contributed by atoms with Crippen LogP contribution in [0, 0.1) is 11.3 Å². The minimum Gasteiger partial charge on any atom is -0.497 e. The van der Waals surface area contributed by atoms with Crippen molar-refractivity contribution in [1.29, 1.82) is 5.26 Å². The van der Waals surface area contributed by atoms with Gasteiger partial charge < -0.3 is 9.47 Å². The number of carbonyl (C=O) groups excluding carboxylic acids is 1. The second-order valence-electron chi connectivity index (χ2n) is 4.80. The van der Waals surface area contributed by atoms with Gasteiger partial charge in [-0.25, -0.2) is 9.79 Å². The summed E-state index contributed by atoms with van der Waals surface area (Å²) in [4.78, 5) is 16.2. The quantitative estimate of drug-likeness (QED) is 0.645. The van der Waals surface area contributed by atoms with Gasteiger partial charge in [0.2, 0.25) is 5.90 Å². The lowest BCUT2D eigenvalue weighted by molar-refractivity contribution is -0.129. The average molecular weight is 304 g/mol. The Morgan fingerprint density at radius 3 is 2.70 bits per heavy atom. The van der Waals surface area contributed by atoms with E-state index < -0.39 is 5.97 Å².